The molecule has 2 aromatic heterocycles. The molecule has 0 fully saturated rings. The summed E-state index contributed by atoms with van der Waals surface area (Å²) in [5.74, 6) is 0. The van der Waals surface area contributed by atoms with Gasteiger partial charge in [-0.3, -0.25) is 4.79 Å². The van der Waals surface area contributed by atoms with Crippen molar-refractivity contribution in [3.05, 3.63) is 22.6 Å². The van der Waals surface area contributed by atoms with Gasteiger partial charge in [0.1, 0.15) is 11.0 Å². The lowest BCUT2D eigenvalue weighted by molar-refractivity contribution is 0.871. The molecule has 2 aromatic rings. The van der Waals surface area contributed by atoms with Crippen LogP contribution in [0.1, 0.15) is 0 Å². The van der Waals surface area contributed by atoms with Crippen LogP contribution in [0.4, 0.5) is 0 Å². The van der Waals surface area contributed by atoms with E-state index >= 15 is 0 Å². The van der Waals surface area contributed by atoms with Crippen molar-refractivity contribution in [3.63, 3.8) is 0 Å². The van der Waals surface area contributed by atoms with Crippen LogP contribution < -0.4 is 5.56 Å². The van der Waals surface area contributed by atoms with Crippen LogP contribution in [0.15, 0.2) is 17.1 Å². The minimum Gasteiger partial charge on any atom is -0.355 e. The van der Waals surface area contributed by atoms with E-state index in [1.54, 1.807) is 12.3 Å². The molecule has 0 bridgehead atoms. The fourth-order valence-electron chi connectivity index (χ4n) is 0.807. The van der Waals surface area contributed by atoms with Crippen molar-refractivity contribution >= 4 is 11.0 Å². The van der Waals surface area contributed by atoms with Gasteiger partial charge in [0.05, 0.1) is 0 Å². The van der Waals surface area contributed by atoms with Crippen LogP contribution in [0, 0.1) is 0 Å². The van der Waals surface area contributed by atoms with Crippen molar-refractivity contribution in [3.8, 4) is 0 Å². The lowest BCUT2D eigenvalue weighted by atomic mass is 10.5. The highest BCUT2D eigenvalue weighted by molar-refractivity contribution is 5.72. The Morgan fingerprint density at radius 1 is 1.50 bits per heavy atom. The molecule has 0 amide bonds. The first kappa shape index (κ1) is 5.16. The molecule has 0 spiro atoms. The SMILES string of the molecule is O=c1[nH]nnc2cc[nH]c12. The normalized spacial score (nSPS) is 10.4. The molecule has 0 saturated carbocycles. The number of hydrogen-bond donors (Lipinski definition) is 2. The molecule has 2 rings (SSSR count). The van der Waals surface area contributed by atoms with Crippen LogP contribution in [0.5, 0.6) is 0 Å². The number of nitrogens with one attached hydrogen (secondary N) is 2. The molecule has 0 atom stereocenters. The highest BCUT2D eigenvalue weighted by atomic mass is 16.1. The van der Waals surface area contributed by atoms with Crippen molar-refractivity contribution in [2.75, 3.05) is 0 Å². The molecular formula is C5H4N4O. The van der Waals surface area contributed by atoms with E-state index in [9.17, 15) is 4.79 Å². The Bertz CT molecular complexity index is 401. The highest BCUT2D eigenvalue weighted by Crippen LogP contribution is 1.98. The van der Waals surface area contributed by atoms with Gasteiger partial charge in [-0.2, -0.15) is 0 Å². The van der Waals surface area contributed by atoms with E-state index in [2.05, 4.69) is 20.4 Å². The van der Waals surface area contributed by atoms with Gasteiger partial charge in [-0.1, -0.05) is 5.21 Å². The molecule has 5 heteroatoms. The molecule has 0 saturated heterocycles. The number of aromatic amines is 2. The van der Waals surface area contributed by atoms with Crippen molar-refractivity contribution < 1.29 is 0 Å². The molecule has 5 nitrogen and oxygen atoms in total. The van der Waals surface area contributed by atoms with Gasteiger partial charge >= 0.3 is 0 Å². The van der Waals surface area contributed by atoms with Crippen molar-refractivity contribution in [1.29, 1.82) is 0 Å². The zero-order valence-electron chi connectivity index (χ0n) is 4.96. The summed E-state index contributed by atoms with van der Waals surface area (Å²) in [6, 6.07) is 1.69. The lowest BCUT2D eigenvalue weighted by Gasteiger charge is -1.81. The van der Waals surface area contributed by atoms with E-state index < -0.39 is 0 Å². The third-order valence-corrected chi connectivity index (χ3v) is 1.26. The van der Waals surface area contributed by atoms with Gasteiger partial charge in [0.15, 0.2) is 0 Å². The van der Waals surface area contributed by atoms with Gasteiger partial charge in [0, 0.05) is 6.20 Å². The van der Waals surface area contributed by atoms with Gasteiger partial charge in [0.2, 0.25) is 0 Å². The second-order valence-corrected chi connectivity index (χ2v) is 1.88. The van der Waals surface area contributed by atoms with Gasteiger partial charge < -0.3 is 4.98 Å². The maximum atomic E-state index is 10.9. The summed E-state index contributed by atoms with van der Waals surface area (Å²) in [5.41, 5.74) is 0.814. The monoisotopic (exact) mass is 136 g/mol. The Morgan fingerprint density at radius 3 is 3.20 bits per heavy atom. The topological polar surface area (TPSA) is 74.4 Å². The van der Waals surface area contributed by atoms with Gasteiger partial charge in [0.25, 0.3) is 5.56 Å². The molecule has 10 heavy (non-hydrogen) atoms. The van der Waals surface area contributed by atoms with Crippen molar-refractivity contribution in [2.24, 2.45) is 0 Å². The van der Waals surface area contributed by atoms with E-state index in [-0.39, 0.29) is 5.56 Å². The third-order valence-electron chi connectivity index (χ3n) is 1.26. The van der Waals surface area contributed by atoms with Crippen LogP contribution in [0.3, 0.4) is 0 Å². The van der Waals surface area contributed by atoms with Crippen LogP contribution in [0.25, 0.3) is 11.0 Å². The first-order valence-electron chi connectivity index (χ1n) is 2.76. The second-order valence-electron chi connectivity index (χ2n) is 1.88. The summed E-state index contributed by atoms with van der Waals surface area (Å²) in [7, 11) is 0. The van der Waals surface area contributed by atoms with E-state index in [0.29, 0.717) is 11.0 Å². The maximum absolute atomic E-state index is 10.9. The molecule has 2 heterocycles. The zero-order valence-corrected chi connectivity index (χ0v) is 4.96. The lowest BCUT2D eigenvalue weighted by Crippen LogP contribution is -2.08. The van der Waals surface area contributed by atoms with Crippen molar-refractivity contribution in [1.82, 2.24) is 20.4 Å². The predicted molar refractivity (Wildman–Crippen MR) is 34.5 cm³/mol. The Kier molecular flexibility index (Phi) is 0.858. The summed E-state index contributed by atoms with van der Waals surface area (Å²) in [4.78, 5) is 13.6. The fourth-order valence-corrected chi connectivity index (χ4v) is 0.807. The predicted octanol–water partition coefficient (Wildman–Crippen LogP) is -0.354. The number of aromatic nitrogens is 4. The fraction of sp³-hybridized carbons (Fsp3) is 0. The first-order chi connectivity index (χ1) is 4.88. The number of fused-ring (bicyclic) bond motifs is 1. The largest absolute Gasteiger partial charge is 0.355 e. The van der Waals surface area contributed by atoms with Crippen LogP contribution >= 0.6 is 0 Å². The Balaban J connectivity index is 3.09. The molecule has 0 aliphatic rings. The zero-order chi connectivity index (χ0) is 6.97. The molecule has 0 radical (unpaired) electrons. The van der Waals surface area contributed by atoms with Crippen molar-refractivity contribution in [2.45, 2.75) is 0 Å². The average molecular weight is 136 g/mol. The highest BCUT2D eigenvalue weighted by Gasteiger charge is 1.97. The number of rotatable bonds is 0. The van der Waals surface area contributed by atoms with Crippen LogP contribution in [0.2, 0.25) is 0 Å². The molecule has 0 unspecified atom stereocenters. The standard InChI is InChI=1S/C5H4N4O/c10-5-4-3(1-2-6-4)7-9-8-5/h1-2,6H,(H,7,8,10). The van der Waals surface area contributed by atoms with Gasteiger partial charge in [-0.15, -0.1) is 5.10 Å². The minimum atomic E-state index is -0.241. The third kappa shape index (κ3) is 0.540. The minimum absolute atomic E-state index is 0.241. The second kappa shape index (κ2) is 1.66. The molecule has 0 aromatic carbocycles. The summed E-state index contributed by atoms with van der Waals surface area (Å²) in [6.45, 7) is 0. The Hall–Kier alpha value is -1.65. The molecule has 50 valence electrons. The van der Waals surface area contributed by atoms with Crippen LogP contribution in [-0.4, -0.2) is 20.4 Å². The first-order valence-corrected chi connectivity index (χ1v) is 2.76. The summed E-state index contributed by atoms with van der Waals surface area (Å²) < 4.78 is 0. The number of hydrogen-bond acceptors (Lipinski definition) is 3. The van der Waals surface area contributed by atoms with E-state index in [1.165, 1.54) is 0 Å². The number of nitrogens with zero attached hydrogens (tertiary/aromatic N) is 2. The number of H-pyrrole nitrogens is 2. The van der Waals surface area contributed by atoms with Gasteiger partial charge in [-0.05, 0) is 6.07 Å². The Morgan fingerprint density at radius 2 is 2.40 bits per heavy atom. The molecule has 0 aliphatic heterocycles. The maximum Gasteiger partial charge on any atom is 0.291 e. The van der Waals surface area contributed by atoms with E-state index in [1.807, 2.05) is 0 Å². The summed E-state index contributed by atoms with van der Waals surface area (Å²) >= 11 is 0. The average Bonchev–Trinajstić information content (AvgIpc) is 2.36. The Labute approximate surface area is 55.1 Å². The molecule has 0 aliphatic carbocycles. The summed E-state index contributed by atoms with van der Waals surface area (Å²) in [5, 5.41) is 9.25. The van der Waals surface area contributed by atoms with Gasteiger partial charge in [-0.25, -0.2) is 5.10 Å². The quantitative estimate of drug-likeness (QED) is 0.519. The molecule has 2 N–H and O–H groups in total. The van der Waals surface area contributed by atoms with E-state index in [0.717, 1.165) is 0 Å². The van der Waals surface area contributed by atoms with Crippen LogP contribution in [-0.2, 0) is 0 Å². The smallest absolute Gasteiger partial charge is 0.291 e. The summed E-state index contributed by atoms with van der Waals surface area (Å²) in [6.07, 6.45) is 1.65. The molecular weight excluding hydrogens is 132 g/mol. The van der Waals surface area contributed by atoms with E-state index in [4.69, 9.17) is 0 Å².